The highest BCUT2D eigenvalue weighted by Gasteiger charge is 2.24. The Bertz CT molecular complexity index is 626. The summed E-state index contributed by atoms with van der Waals surface area (Å²) in [5, 5.41) is 6.27. The first-order valence-corrected chi connectivity index (χ1v) is 8.66. The zero-order chi connectivity index (χ0) is 14.8. The molecule has 1 saturated heterocycles. The van der Waals surface area contributed by atoms with Crippen LogP contribution < -0.4 is 10.2 Å². The standard InChI is InChI=1S/C18H23BrN2/c1-3-4-17-12-21(13(2)11-20-17)18-8-6-14-9-16(19)7-5-15(14)10-18/h5-10,13,17,20H,3-4,11-12H2,1-2H3. The van der Waals surface area contributed by atoms with E-state index in [1.165, 1.54) is 29.3 Å². The van der Waals surface area contributed by atoms with Crippen LogP contribution in [0.15, 0.2) is 40.9 Å². The van der Waals surface area contributed by atoms with Gasteiger partial charge in [0.2, 0.25) is 0 Å². The van der Waals surface area contributed by atoms with Gasteiger partial charge in [0.15, 0.2) is 0 Å². The minimum Gasteiger partial charge on any atom is -0.366 e. The fourth-order valence-corrected chi connectivity index (χ4v) is 3.59. The molecule has 3 rings (SSSR count). The van der Waals surface area contributed by atoms with E-state index in [1.807, 2.05) is 0 Å². The van der Waals surface area contributed by atoms with Crippen LogP contribution in [0.25, 0.3) is 10.8 Å². The van der Waals surface area contributed by atoms with E-state index in [9.17, 15) is 0 Å². The van der Waals surface area contributed by atoms with E-state index in [4.69, 9.17) is 0 Å². The molecule has 2 unspecified atom stereocenters. The second-order valence-electron chi connectivity index (χ2n) is 6.07. The molecular weight excluding hydrogens is 324 g/mol. The average molecular weight is 347 g/mol. The highest BCUT2D eigenvalue weighted by molar-refractivity contribution is 9.10. The summed E-state index contributed by atoms with van der Waals surface area (Å²) >= 11 is 3.54. The van der Waals surface area contributed by atoms with Gasteiger partial charge >= 0.3 is 0 Å². The molecule has 1 N–H and O–H groups in total. The normalized spacial score (nSPS) is 22.7. The van der Waals surface area contributed by atoms with Gasteiger partial charge in [-0.3, -0.25) is 0 Å². The molecule has 0 saturated carbocycles. The van der Waals surface area contributed by atoms with E-state index in [2.05, 4.69) is 76.4 Å². The maximum absolute atomic E-state index is 3.67. The lowest BCUT2D eigenvalue weighted by atomic mass is 10.0. The molecule has 1 heterocycles. The lowest BCUT2D eigenvalue weighted by Crippen LogP contribution is -2.55. The van der Waals surface area contributed by atoms with Gasteiger partial charge in [0.05, 0.1) is 0 Å². The quantitative estimate of drug-likeness (QED) is 0.875. The minimum atomic E-state index is 0.547. The number of hydrogen-bond donors (Lipinski definition) is 1. The zero-order valence-electron chi connectivity index (χ0n) is 12.8. The third-order valence-corrected chi connectivity index (χ3v) is 4.90. The Morgan fingerprint density at radius 2 is 1.95 bits per heavy atom. The van der Waals surface area contributed by atoms with E-state index >= 15 is 0 Å². The van der Waals surface area contributed by atoms with Crippen LogP contribution in [0.5, 0.6) is 0 Å². The van der Waals surface area contributed by atoms with Crippen molar-refractivity contribution in [3.63, 3.8) is 0 Å². The Hall–Kier alpha value is -1.06. The second-order valence-corrected chi connectivity index (χ2v) is 6.99. The third kappa shape index (κ3) is 3.24. The van der Waals surface area contributed by atoms with E-state index in [1.54, 1.807) is 0 Å². The second kappa shape index (κ2) is 6.37. The van der Waals surface area contributed by atoms with Crippen molar-refractivity contribution in [3.05, 3.63) is 40.9 Å². The van der Waals surface area contributed by atoms with Crippen LogP contribution in [0.4, 0.5) is 5.69 Å². The molecule has 3 heteroatoms. The van der Waals surface area contributed by atoms with Crippen molar-refractivity contribution in [2.24, 2.45) is 0 Å². The van der Waals surface area contributed by atoms with Crippen molar-refractivity contribution in [2.75, 3.05) is 18.0 Å². The van der Waals surface area contributed by atoms with Crippen molar-refractivity contribution in [1.29, 1.82) is 0 Å². The summed E-state index contributed by atoms with van der Waals surface area (Å²) in [5.41, 5.74) is 1.35. The van der Waals surface area contributed by atoms with Crippen LogP contribution >= 0.6 is 15.9 Å². The van der Waals surface area contributed by atoms with Crippen molar-refractivity contribution in [1.82, 2.24) is 5.32 Å². The summed E-state index contributed by atoms with van der Waals surface area (Å²) in [6.45, 7) is 6.75. The summed E-state index contributed by atoms with van der Waals surface area (Å²) in [4.78, 5) is 2.55. The molecule has 1 fully saturated rings. The lowest BCUT2D eigenvalue weighted by molar-refractivity contribution is 0.386. The van der Waals surface area contributed by atoms with Gasteiger partial charge in [-0.2, -0.15) is 0 Å². The fourth-order valence-electron chi connectivity index (χ4n) is 3.21. The van der Waals surface area contributed by atoms with Crippen LogP contribution in [-0.4, -0.2) is 25.2 Å². The number of fused-ring (bicyclic) bond motifs is 1. The average Bonchev–Trinajstić information content (AvgIpc) is 2.49. The Morgan fingerprint density at radius 1 is 1.19 bits per heavy atom. The maximum Gasteiger partial charge on any atom is 0.0387 e. The van der Waals surface area contributed by atoms with Gasteiger partial charge in [0.25, 0.3) is 0 Å². The molecule has 0 radical (unpaired) electrons. The number of anilines is 1. The van der Waals surface area contributed by atoms with E-state index in [-0.39, 0.29) is 0 Å². The Labute approximate surface area is 135 Å². The fraction of sp³-hybridized carbons (Fsp3) is 0.444. The van der Waals surface area contributed by atoms with Crippen molar-refractivity contribution in [3.8, 4) is 0 Å². The molecule has 1 aliphatic heterocycles. The molecule has 112 valence electrons. The summed E-state index contributed by atoms with van der Waals surface area (Å²) in [5.74, 6) is 0. The van der Waals surface area contributed by atoms with Crippen LogP contribution in [0.1, 0.15) is 26.7 Å². The summed E-state index contributed by atoms with van der Waals surface area (Å²) in [6.07, 6.45) is 2.50. The number of benzene rings is 2. The summed E-state index contributed by atoms with van der Waals surface area (Å²) in [6, 6.07) is 14.5. The molecule has 0 aliphatic carbocycles. The lowest BCUT2D eigenvalue weighted by Gasteiger charge is -2.40. The van der Waals surface area contributed by atoms with Crippen LogP contribution in [-0.2, 0) is 0 Å². The first kappa shape index (κ1) is 14.9. The molecule has 1 aliphatic rings. The predicted octanol–water partition coefficient (Wildman–Crippen LogP) is 4.57. The number of piperazine rings is 1. The van der Waals surface area contributed by atoms with Crippen LogP contribution in [0.2, 0.25) is 0 Å². The highest BCUT2D eigenvalue weighted by atomic mass is 79.9. The topological polar surface area (TPSA) is 15.3 Å². The third-order valence-electron chi connectivity index (χ3n) is 4.41. The highest BCUT2D eigenvalue weighted by Crippen LogP contribution is 2.27. The Balaban J connectivity index is 1.89. The molecule has 0 bridgehead atoms. The largest absolute Gasteiger partial charge is 0.366 e. The molecule has 2 aromatic rings. The number of rotatable bonds is 3. The maximum atomic E-state index is 3.67. The molecule has 2 aromatic carbocycles. The molecule has 0 amide bonds. The molecule has 2 atom stereocenters. The molecule has 2 nitrogen and oxygen atoms in total. The zero-order valence-corrected chi connectivity index (χ0v) is 14.4. The number of nitrogens with zero attached hydrogens (tertiary/aromatic N) is 1. The number of halogens is 1. The van der Waals surface area contributed by atoms with Gasteiger partial charge in [-0.05, 0) is 48.4 Å². The number of nitrogens with one attached hydrogen (secondary N) is 1. The van der Waals surface area contributed by atoms with E-state index in [0.717, 1.165) is 17.6 Å². The van der Waals surface area contributed by atoms with Gasteiger partial charge in [0.1, 0.15) is 0 Å². The summed E-state index contributed by atoms with van der Waals surface area (Å²) < 4.78 is 1.14. The summed E-state index contributed by atoms with van der Waals surface area (Å²) in [7, 11) is 0. The minimum absolute atomic E-state index is 0.547. The van der Waals surface area contributed by atoms with Crippen molar-refractivity contribution < 1.29 is 0 Å². The van der Waals surface area contributed by atoms with E-state index < -0.39 is 0 Å². The smallest absolute Gasteiger partial charge is 0.0387 e. The molecule has 0 aromatic heterocycles. The van der Waals surface area contributed by atoms with Gasteiger partial charge in [-0.25, -0.2) is 0 Å². The number of hydrogen-bond acceptors (Lipinski definition) is 2. The van der Waals surface area contributed by atoms with Crippen LogP contribution in [0.3, 0.4) is 0 Å². The predicted molar refractivity (Wildman–Crippen MR) is 95.2 cm³/mol. The first-order chi connectivity index (χ1) is 10.2. The molecule has 0 spiro atoms. The molecule has 21 heavy (non-hydrogen) atoms. The van der Waals surface area contributed by atoms with Crippen molar-refractivity contribution in [2.45, 2.75) is 38.8 Å². The van der Waals surface area contributed by atoms with Gasteiger partial charge in [-0.15, -0.1) is 0 Å². The Morgan fingerprint density at radius 3 is 2.76 bits per heavy atom. The van der Waals surface area contributed by atoms with Gasteiger partial charge in [-0.1, -0.05) is 41.4 Å². The molecular formula is C18H23BrN2. The monoisotopic (exact) mass is 346 g/mol. The first-order valence-electron chi connectivity index (χ1n) is 7.86. The van der Waals surface area contributed by atoms with Gasteiger partial charge < -0.3 is 10.2 Å². The van der Waals surface area contributed by atoms with Gasteiger partial charge in [0, 0.05) is 35.3 Å². The Kier molecular flexibility index (Phi) is 4.51. The van der Waals surface area contributed by atoms with Crippen LogP contribution in [0, 0.1) is 0 Å². The SMILES string of the molecule is CCCC1CN(c2ccc3cc(Br)ccc3c2)C(C)CN1. The van der Waals surface area contributed by atoms with Crippen molar-refractivity contribution >= 4 is 32.4 Å². The van der Waals surface area contributed by atoms with E-state index in [0.29, 0.717) is 12.1 Å².